The molecule has 1 aromatic heterocycles. The van der Waals surface area contributed by atoms with Crippen LogP contribution in [0.15, 0.2) is 71.6 Å². The van der Waals surface area contributed by atoms with Crippen LogP contribution in [0.3, 0.4) is 0 Å². The molecule has 0 aliphatic carbocycles. The fraction of sp³-hybridized carbons (Fsp3) is 0.312. The topological polar surface area (TPSA) is 118 Å². The van der Waals surface area contributed by atoms with Crippen LogP contribution in [-0.2, 0) is 36.8 Å². The third kappa shape index (κ3) is 7.70. The Morgan fingerprint density at radius 3 is 2.22 bits per heavy atom. The third-order valence-electron chi connectivity index (χ3n) is 6.52. The Kier molecular flexibility index (Phi) is 9.75. The molecule has 0 saturated carbocycles. The number of hydrogen-bond donors (Lipinski definition) is 1. The lowest BCUT2D eigenvalue weighted by Crippen LogP contribution is -2.19. The highest BCUT2D eigenvalue weighted by Crippen LogP contribution is 2.36. The van der Waals surface area contributed by atoms with Gasteiger partial charge in [-0.1, -0.05) is 61.4 Å². The molecule has 4 rings (SSSR count). The highest BCUT2D eigenvalue weighted by molar-refractivity contribution is 7.87. The normalized spacial score (nSPS) is 11.7. The number of ether oxygens (including phenoxy) is 2. The van der Waals surface area contributed by atoms with Gasteiger partial charge in [-0.15, -0.1) is 0 Å². The summed E-state index contributed by atoms with van der Waals surface area (Å²) in [6, 6.07) is 20.1. The summed E-state index contributed by atoms with van der Waals surface area (Å²) in [5.41, 5.74) is 13.3. The third-order valence-corrected chi connectivity index (χ3v) is 7.77. The van der Waals surface area contributed by atoms with E-state index in [1.54, 1.807) is 12.1 Å². The molecule has 0 radical (unpaired) electrons. The Hall–Kier alpha value is -3.79. The van der Waals surface area contributed by atoms with Crippen molar-refractivity contribution < 1.29 is 26.9 Å². The van der Waals surface area contributed by atoms with Gasteiger partial charge in [0.05, 0.1) is 12.1 Å². The number of benzene rings is 3. The number of carbonyl (C=O) groups excluding carboxylic acids is 1. The predicted molar refractivity (Wildman–Crippen MR) is 159 cm³/mol. The van der Waals surface area contributed by atoms with Gasteiger partial charge in [0, 0.05) is 17.6 Å². The SMILES string of the molecule is Cc1ccc(-c2c(CN)c(CC(C)C)nc3ccc(OCCOCC(=O)OS(=O)(=O)c4ccc(C)cc4)cc23)cc1. The van der Waals surface area contributed by atoms with Crippen molar-refractivity contribution in [3.8, 4) is 16.9 Å². The molecule has 1 heterocycles. The number of aryl methyl sites for hydroxylation is 2. The van der Waals surface area contributed by atoms with Crippen LogP contribution in [0.5, 0.6) is 5.75 Å². The lowest BCUT2D eigenvalue weighted by Gasteiger charge is -2.18. The molecular formula is C32H36N2O6S. The predicted octanol–water partition coefficient (Wildman–Crippen LogP) is 5.50. The molecule has 0 saturated heterocycles. The van der Waals surface area contributed by atoms with Crippen LogP contribution < -0.4 is 10.5 Å². The summed E-state index contributed by atoms with van der Waals surface area (Å²) < 4.78 is 40.4. The molecule has 4 aromatic rings. The largest absolute Gasteiger partial charge is 0.491 e. The Bertz CT molecular complexity index is 1620. The molecule has 0 spiro atoms. The number of rotatable bonds is 12. The first-order valence-corrected chi connectivity index (χ1v) is 15.0. The van der Waals surface area contributed by atoms with Crippen LogP contribution in [-0.4, -0.2) is 39.2 Å². The monoisotopic (exact) mass is 576 g/mol. The number of carbonyl (C=O) groups is 1. The molecule has 0 bridgehead atoms. The van der Waals surface area contributed by atoms with Crippen LogP contribution in [0.2, 0.25) is 0 Å². The Morgan fingerprint density at radius 2 is 1.59 bits per heavy atom. The minimum Gasteiger partial charge on any atom is -0.491 e. The van der Waals surface area contributed by atoms with E-state index in [1.807, 2.05) is 25.1 Å². The average Bonchev–Trinajstić information content (AvgIpc) is 2.92. The molecule has 2 N–H and O–H groups in total. The summed E-state index contributed by atoms with van der Waals surface area (Å²) in [5, 5.41) is 0.935. The molecule has 0 fully saturated rings. The van der Waals surface area contributed by atoms with E-state index in [-0.39, 0.29) is 18.1 Å². The van der Waals surface area contributed by atoms with Gasteiger partial charge in [0.25, 0.3) is 0 Å². The average molecular weight is 577 g/mol. The molecule has 0 amide bonds. The first-order valence-electron chi connectivity index (χ1n) is 13.5. The second-order valence-electron chi connectivity index (χ2n) is 10.4. The summed E-state index contributed by atoms with van der Waals surface area (Å²) in [7, 11) is -4.20. The van der Waals surface area contributed by atoms with Gasteiger partial charge in [-0.2, -0.15) is 8.42 Å². The minimum absolute atomic E-state index is 0.0577. The first-order chi connectivity index (χ1) is 19.6. The number of aromatic nitrogens is 1. The minimum atomic E-state index is -4.20. The van der Waals surface area contributed by atoms with E-state index < -0.39 is 22.7 Å². The van der Waals surface area contributed by atoms with Gasteiger partial charge in [0.15, 0.2) is 0 Å². The Labute approximate surface area is 241 Å². The fourth-order valence-electron chi connectivity index (χ4n) is 4.52. The molecule has 3 aromatic carbocycles. The number of pyridine rings is 1. The van der Waals surface area contributed by atoms with Crippen molar-refractivity contribution in [3.05, 3.63) is 89.1 Å². The van der Waals surface area contributed by atoms with Crippen LogP contribution in [0, 0.1) is 19.8 Å². The van der Waals surface area contributed by atoms with E-state index >= 15 is 0 Å². The van der Waals surface area contributed by atoms with Crippen molar-refractivity contribution in [2.75, 3.05) is 19.8 Å². The van der Waals surface area contributed by atoms with E-state index in [0.717, 1.165) is 45.3 Å². The van der Waals surface area contributed by atoms with E-state index in [4.69, 9.17) is 20.2 Å². The first kappa shape index (κ1) is 30.2. The summed E-state index contributed by atoms with van der Waals surface area (Å²) in [6.45, 7) is 8.26. The van der Waals surface area contributed by atoms with Crippen molar-refractivity contribution in [1.29, 1.82) is 0 Å². The Morgan fingerprint density at radius 1 is 0.927 bits per heavy atom. The van der Waals surface area contributed by atoms with E-state index in [0.29, 0.717) is 18.2 Å². The second kappa shape index (κ2) is 13.2. The zero-order chi connectivity index (χ0) is 29.6. The van der Waals surface area contributed by atoms with Gasteiger partial charge < -0.3 is 19.4 Å². The van der Waals surface area contributed by atoms with E-state index in [9.17, 15) is 13.2 Å². The highest BCUT2D eigenvalue weighted by Gasteiger charge is 2.20. The van der Waals surface area contributed by atoms with Crippen molar-refractivity contribution in [2.24, 2.45) is 11.7 Å². The van der Waals surface area contributed by atoms with Crippen molar-refractivity contribution >= 4 is 27.0 Å². The number of hydrogen-bond acceptors (Lipinski definition) is 8. The molecule has 216 valence electrons. The second-order valence-corrected chi connectivity index (χ2v) is 11.9. The Balaban J connectivity index is 1.44. The van der Waals surface area contributed by atoms with Gasteiger partial charge in [-0.05, 0) is 73.2 Å². The lowest BCUT2D eigenvalue weighted by atomic mass is 9.91. The van der Waals surface area contributed by atoms with E-state index in [2.05, 4.69) is 49.2 Å². The molecule has 8 nitrogen and oxygen atoms in total. The van der Waals surface area contributed by atoms with Crippen molar-refractivity contribution in [1.82, 2.24) is 4.98 Å². The zero-order valence-corrected chi connectivity index (χ0v) is 24.7. The molecule has 0 atom stereocenters. The molecule has 41 heavy (non-hydrogen) atoms. The smallest absolute Gasteiger partial charge is 0.348 e. The number of nitrogens with two attached hydrogens (primary N) is 1. The van der Waals surface area contributed by atoms with Crippen LogP contribution >= 0.6 is 0 Å². The van der Waals surface area contributed by atoms with Crippen molar-refractivity contribution in [3.63, 3.8) is 0 Å². The summed E-state index contributed by atoms with van der Waals surface area (Å²) >= 11 is 0. The van der Waals surface area contributed by atoms with Crippen molar-refractivity contribution in [2.45, 2.75) is 45.6 Å². The summed E-state index contributed by atoms with van der Waals surface area (Å²) in [6.07, 6.45) is 0.825. The maximum atomic E-state index is 12.3. The van der Waals surface area contributed by atoms with Gasteiger partial charge >= 0.3 is 16.1 Å². The molecular weight excluding hydrogens is 540 g/mol. The highest BCUT2D eigenvalue weighted by atomic mass is 32.2. The summed E-state index contributed by atoms with van der Waals surface area (Å²) in [5.74, 6) is 0.0377. The van der Waals surface area contributed by atoms with Crippen LogP contribution in [0.1, 0.15) is 36.2 Å². The van der Waals surface area contributed by atoms with Gasteiger partial charge in [-0.25, -0.2) is 4.79 Å². The molecule has 0 unspecified atom stereocenters. The zero-order valence-electron chi connectivity index (χ0n) is 23.8. The molecule has 9 heteroatoms. The molecule has 0 aliphatic heterocycles. The van der Waals surface area contributed by atoms with Crippen LogP contribution in [0.25, 0.3) is 22.0 Å². The van der Waals surface area contributed by atoms with Gasteiger partial charge in [0.2, 0.25) is 0 Å². The maximum absolute atomic E-state index is 12.3. The number of nitrogens with zero attached hydrogens (tertiary/aromatic N) is 1. The lowest BCUT2D eigenvalue weighted by molar-refractivity contribution is -0.139. The maximum Gasteiger partial charge on any atom is 0.348 e. The van der Waals surface area contributed by atoms with Gasteiger partial charge in [0.1, 0.15) is 23.9 Å². The number of fused-ring (bicyclic) bond motifs is 1. The van der Waals surface area contributed by atoms with Gasteiger partial charge in [-0.3, -0.25) is 4.98 Å². The van der Waals surface area contributed by atoms with Crippen LogP contribution in [0.4, 0.5) is 0 Å². The standard InChI is InChI=1S/C32H36N2O6S/c1-21(2)17-30-28(19-33)32(24-9-5-22(3)6-10-24)27-18-25(11-14-29(27)34-30)39-16-15-38-20-31(35)40-41(36,37)26-12-7-23(4)8-13-26/h5-14,18,21H,15-17,19-20,33H2,1-4H3. The van der Waals surface area contributed by atoms with E-state index in [1.165, 1.54) is 17.7 Å². The fourth-order valence-corrected chi connectivity index (χ4v) is 5.38. The summed E-state index contributed by atoms with van der Waals surface area (Å²) in [4.78, 5) is 16.9. The molecule has 0 aliphatic rings. The quantitative estimate of drug-likeness (QED) is 0.173.